The fraction of sp³-hybridized carbons (Fsp3) is 0.571. The number of anilines is 2. The van der Waals surface area contributed by atoms with Crippen LogP contribution in [0.5, 0.6) is 0 Å². The molecule has 0 heterocycles. The van der Waals surface area contributed by atoms with Gasteiger partial charge in [0, 0.05) is 6.04 Å². The molecule has 0 spiro atoms. The van der Waals surface area contributed by atoms with Gasteiger partial charge in [0.05, 0.1) is 11.4 Å². The second-order valence-corrected chi connectivity index (χ2v) is 4.55. The fourth-order valence-electron chi connectivity index (χ4n) is 2.17. The van der Waals surface area contributed by atoms with E-state index in [1.807, 2.05) is 19.1 Å². The monoisotopic (exact) mass is 220 g/mol. The number of aryl methyl sites for hydroxylation is 1. The van der Waals surface area contributed by atoms with Crippen molar-refractivity contribution in [3.8, 4) is 0 Å². The van der Waals surface area contributed by atoms with Crippen LogP contribution in [0.1, 0.15) is 39.2 Å². The lowest BCUT2D eigenvalue weighted by Gasteiger charge is -2.24. The highest BCUT2D eigenvalue weighted by atomic mass is 14.9. The fourth-order valence-corrected chi connectivity index (χ4v) is 2.17. The van der Waals surface area contributed by atoms with Crippen LogP contribution in [-0.2, 0) is 0 Å². The molecule has 1 rings (SSSR count). The topological polar surface area (TPSA) is 38.0 Å². The van der Waals surface area contributed by atoms with Crippen molar-refractivity contribution >= 4 is 11.4 Å². The van der Waals surface area contributed by atoms with Crippen molar-refractivity contribution in [1.82, 2.24) is 0 Å². The van der Waals surface area contributed by atoms with E-state index in [1.54, 1.807) is 0 Å². The van der Waals surface area contributed by atoms with E-state index < -0.39 is 0 Å². The van der Waals surface area contributed by atoms with Gasteiger partial charge < -0.3 is 11.1 Å². The predicted octanol–water partition coefficient (Wildman–Crippen LogP) is 3.81. The van der Waals surface area contributed by atoms with Crippen LogP contribution >= 0.6 is 0 Å². The van der Waals surface area contributed by atoms with Gasteiger partial charge in [-0.1, -0.05) is 38.8 Å². The quantitative estimate of drug-likeness (QED) is 0.740. The molecule has 0 fully saturated rings. The Morgan fingerprint density at radius 2 is 1.88 bits per heavy atom. The van der Waals surface area contributed by atoms with Crippen LogP contribution in [0.3, 0.4) is 0 Å². The van der Waals surface area contributed by atoms with Gasteiger partial charge in [-0.15, -0.1) is 0 Å². The number of benzene rings is 1. The molecule has 0 aliphatic carbocycles. The number of nitrogens with two attached hydrogens (primary N) is 1. The van der Waals surface area contributed by atoms with Crippen molar-refractivity contribution in [2.45, 2.75) is 46.6 Å². The van der Waals surface area contributed by atoms with Crippen LogP contribution in [0.25, 0.3) is 0 Å². The van der Waals surface area contributed by atoms with E-state index in [-0.39, 0.29) is 0 Å². The van der Waals surface area contributed by atoms with Crippen LogP contribution in [0.15, 0.2) is 18.2 Å². The molecule has 1 atom stereocenters. The number of para-hydroxylation sites is 1. The van der Waals surface area contributed by atoms with Crippen LogP contribution in [0.2, 0.25) is 0 Å². The molecule has 0 amide bonds. The summed E-state index contributed by atoms with van der Waals surface area (Å²) < 4.78 is 0. The molecule has 90 valence electrons. The largest absolute Gasteiger partial charge is 0.397 e. The van der Waals surface area contributed by atoms with E-state index in [1.165, 1.54) is 12.8 Å². The van der Waals surface area contributed by atoms with Gasteiger partial charge in [-0.05, 0) is 31.4 Å². The van der Waals surface area contributed by atoms with Gasteiger partial charge in [0.2, 0.25) is 0 Å². The molecule has 1 unspecified atom stereocenters. The molecule has 1 aromatic rings. The molecular formula is C14H24N2. The third-order valence-corrected chi connectivity index (χ3v) is 3.46. The molecule has 0 radical (unpaired) electrons. The van der Waals surface area contributed by atoms with E-state index in [0.717, 1.165) is 16.9 Å². The molecule has 1 aromatic carbocycles. The number of rotatable bonds is 5. The van der Waals surface area contributed by atoms with Gasteiger partial charge >= 0.3 is 0 Å². The lowest BCUT2D eigenvalue weighted by atomic mass is 9.95. The molecular weight excluding hydrogens is 196 g/mol. The Labute approximate surface area is 99.2 Å². The number of nitrogen functional groups attached to an aromatic ring is 1. The Hall–Kier alpha value is -1.18. The van der Waals surface area contributed by atoms with Crippen LogP contribution in [0, 0.1) is 12.8 Å². The highest BCUT2D eigenvalue weighted by molar-refractivity contribution is 5.69. The van der Waals surface area contributed by atoms with Gasteiger partial charge in [-0.25, -0.2) is 0 Å². The van der Waals surface area contributed by atoms with E-state index in [0.29, 0.717) is 12.0 Å². The lowest BCUT2D eigenvalue weighted by molar-refractivity contribution is 0.438. The molecule has 3 N–H and O–H groups in total. The van der Waals surface area contributed by atoms with E-state index in [2.05, 4.69) is 32.2 Å². The Balaban J connectivity index is 2.76. The van der Waals surface area contributed by atoms with Crippen molar-refractivity contribution in [3.05, 3.63) is 23.8 Å². The van der Waals surface area contributed by atoms with Crippen molar-refractivity contribution in [1.29, 1.82) is 0 Å². The minimum Gasteiger partial charge on any atom is -0.397 e. The number of nitrogens with one attached hydrogen (secondary N) is 1. The molecule has 0 aliphatic rings. The van der Waals surface area contributed by atoms with Crippen LogP contribution in [0.4, 0.5) is 11.4 Å². The van der Waals surface area contributed by atoms with Gasteiger partial charge in [0.15, 0.2) is 0 Å². The zero-order chi connectivity index (χ0) is 12.1. The summed E-state index contributed by atoms with van der Waals surface area (Å²) in [5.74, 6) is 0.708. The first-order valence-corrected chi connectivity index (χ1v) is 6.21. The molecule has 2 heteroatoms. The first-order valence-electron chi connectivity index (χ1n) is 6.21. The standard InChI is InChI=1S/C14H24N2/c1-5-12(6-2)11(4)16-13-9-7-8-10(3)14(13)15/h7-9,11-12,16H,5-6,15H2,1-4H3. The highest BCUT2D eigenvalue weighted by Gasteiger charge is 2.14. The summed E-state index contributed by atoms with van der Waals surface area (Å²) in [4.78, 5) is 0. The van der Waals surface area contributed by atoms with Crippen LogP contribution in [-0.4, -0.2) is 6.04 Å². The Kier molecular flexibility index (Phi) is 4.66. The summed E-state index contributed by atoms with van der Waals surface area (Å²) >= 11 is 0. The third-order valence-electron chi connectivity index (χ3n) is 3.46. The molecule has 2 nitrogen and oxygen atoms in total. The van der Waals surface area contributed by atoms with Gasteiger partial charge in [-0.2, -0.15) is 0 Å². The first-order chi connectivity index (χ1) is 7.60. The average Bonchev–Trinajstić information content (AvgIpc) is 2.26. The maximum absolute atomic E-state index is 6.05. The zero-order valence-corrected chi connectivity index (χ0v) is 10.9. The van der Waals surface area contributed by atoms with E-state index in [9.17, 15) is 0 Å². The Morgan fingerprint density at radius 1 is 1.25 bits per heavy atom. The summed E-state index contributed by atoms with van der Waals surface area (Å²) in [5.41, 5.74) is 9.14. The molecule has 0 saturated heterocycles. The minimum atomic E-state index is 0.471. The van der Waals surface area contributed by atoms with Crippen molar-refractivity contribution in [3.63, 3.8) is 0 Å². The Bertz CT molecular complexity index is 330. The molecule has 0 aliphatic heterocycles. The summed E-state index contributed by atoms with van der Waals surface area (Å²) in [5, 5.41) is 3.53. The average molecular weight is 220 g/mol. The maximum Gasteiger partial charge on any atom is 0.0579 e. The number of hydrogen-bond donors (Lipinski definition) is 2. The SMILES string of the molecule is CCC(CC)C(C)Nc1cccc(C)c1N. The molecule has 16 heavy (non-hydrogen) atoms. The maximum atomic E-state index is 6.05. The predicted molar refractivity (Wildman–Crippen MR) is 72.7 cm³/mol. The normalized spacial score (nSPS) is 12.8. The van der Waals surface area contributed by atoms with Crippen molar-refractivity contribution in [2.24, 2.45) is 5.92 Å². The van der Waals surface area contributed by atoms with Gasteiger partial charge in [0.25, 0.3) is 0 Å². The van der Waals surface area contributed by atoms with E-state index in [4.69, 9.17) is 5.73 Å². The second kappa shape index (κ2) is 5.78. The number of hydrogen-bond acceptors (Lipinski definition) is 2. The summed E-state index contributed by atoms with van der Waals surface area (Å²) in [7, 11) is 0. The molecule has 0 saturated carbocycles. The summed E-state index contributed by atoms with van der Waals surface area (Å²) in [6, 6.07) is 6.62. The van der Waals surface area contributed by atoms with Gasteiger partial charge in [-0.3, -0.25) is 0 Å². The molecule has 0 bridgehead atoms. The lowest BCUT2D eigenvalue weighted by Crippen LogP contribution is -2.25. The zero-order valence-electron chi connectivity index (χ0n) is 10.9. The van der Waals surface area contributed by atoms with Gasteiger partial charge in [0.1, 0.15) is 0 Å². The Morgan fingerprint density at radius 3 is 2.44 bits per heavy atom. The van der Waals surface area contributed by atoms with E-state index >= 15 is 0 Å². The third kappa shape index (κ3) is 2.91. The smallest absolute Gasteiger partial charge is 0.0579 e. The first kappa shape index (κ1) is 12.9. The minimum absolute atomic E-state index is 0.471. The summed E-state index contributed by atoms with van der Waals surface area (Å²) in [6.45, 7) is 8.76. The summed E-state index contributed by atoms with van der Waals surface area (Å²) in [6.07, 6.45) is 2.41. The van der Waals surface area contributed by atoms with Crippen LogP contribution < -0.4 is 11.1 Å². The molecule has 0 aromatic heterocycles. The second-order valence-electron chi connectivity index (χ2n) is 4.55. The van der Waals surface area contributed by atoms with Crippen molar-refractivity contribution < 1.29 is 0 Å². The highest BCUT2D eigenvalue weighted by Crippen LogP contribution is 2.25. The van der Waals surface area contributed by atoms with Crippen molar-refractivity contribution in [2.75, 3.05) is 11.1 Å².